The van der Waals surface area contributed by atoms with Crippen LogP contribution in [0.5, 0.6) is 0 Å². The summed E-state index contributed by atoms with van der Waals surface area (Å²) in [5.41, 5.74) is 1.40. The molecule has 4 heteroatoms. The molecule has 0 saturated heterocycles. The van der Waals surface area contributed by atoms with E-state index in [4.69, 9.17) is 5.26 Å². The number of rotatable bonds is 4. The Hall–Kier alpha value is -1.08. The van der Waals surface area contributed by atoms with Gasteiger partial charge >= 0.3 is 0 Å². The number of hydrogen-bond acceptors (Lipinski definition) is 2. The molecule has 1 N–H and O–H groups in total. The van der Waals surface area contributed by atoms with E-state index in [1.165, 1.54) is 6.07 Å². The highest BCUT2D eigenvalue weighted by Crippen LogP contribution is 2.25. The van der Waals surface area contributed by atoms with Gasteiger partial charge in [-0.15, -0.1) is 0 Å². The molecular weight excluding hydrogens is 283 g/mol. The summed E-state index contributed by atoms with van der Waals surface area (Å²) in [6, 6.07) is 5.46. The lowest BCUT2D eigenvalue weighted by atomic mass is 9.91. The van der Waals surface area contributed by atoms with Crippen molar-refractivity contribution < 1.29 is 4.39 Å². The molecule has 0 aromatic heterocycles. The van der Waals surface area contributed by atoms with Crippen LogP contribution in [0.4, 0.5) is 10.1 Å². The van der Waals surface area contributed by atoms with E-state index in [0.717, 1.165) is 17.7 Å². The second-order valence-corrected chi connectivity index (χ2v) is 5.61. The first-order valence-corrected chi connectivity index (χ1v) is 6.26. The van der Waals surface area contributed by atoms with Gasteiger partial charge in [0.05, 0.1) is 16.0 Å². The molecular formula is C13H16BrFN2. The van der Waals surface area contributed by atoms with E-state index >= 15 is 0 Å². The predicted octanol–water partition coefficient (Wildman–Crippen LogP) is 4.25. The molecule has 0 saturated carbocycles. The van der Waals surface area contributed by atoms with Gasteiger partial charge in [0.2, 0.25) is 0 Å². The Morgan fingerprint density at radius 2 is 2.12 bits per heavy atom. The first-order valence-electron chi connectivity index (χ1n) is 5.46. The smallest absolute Gasteiger partial charge is 0.139 e. The van der Waals surface area contributed by atoms with Crippen molar-refractivity contribution >= 4 is 21.6 Å². The largest absolute Gasteiger partial charge is 0.385 e. The van der Waals surface area contributed by atoms with Gasteiger partial charge in [0.15, 0.2) is 0 Å². The van der Waals surface area contributed by atoms with E-state index in [2.05, 4.69) is 27.3 Å². The third-order valence-electron chi connectivity index (χ3n) is 2.64. The zero-order valence-corrected chi connectivity index (χ0v) is 11.9. The fourth-order valence-corrected chi connectivity index (χ4v) is 1.86. The SMILES string of the molecule is Cc1cc(Br)c(F)cc1NCCC(C)(C)C#N. The van der Waals surface area contributed by atoms with E-state index in [1.54, 1.807) is 6.07 Å². The number of nitriles is 1. The zero-order chi connectivity index (χ0) is 13.1. The minimum Gasteiger partial charge on any atom is -0.385 e. The van der Waals surface area contributed by atoms with Gasteiger partial charge in [-0.2, -0.15) is 5.26 Å². The number of halogens is 2. The third kappa shape index (κ3) is 4.01. The highest BCUT2D eigenvalue weighted by Gasteiger charge is 2.16. The van der Waals surface area contributed by atoms with E-state index in [-0.39, 0.29) is 11.2 Å². The quantitative estimate of drug-likeness (QED) is 0.902. The van der Waals surface area contributed by atoms with Crippen LogP contribution in [0.15, 0.2) is 16.6 Å². The molecule has 0 aliphatic rings. The highest BCUT2D eigenvalue weighted by atomic mass is 79.9. The van der Waals surface area contributed by atoms with Crippen molar-refractivity contribution in [1.29, 1.82) is 5.26 Å². The summed E-state index contributed by atoms with van der Waals surface area (Å²) in [4.78, 5) is 0. The number of nitrogens with zero attached hydrogens (tertiary/aromatic N) is 1. The lowest BCUT2D eigenvalue weighted by Gasteiger charge is -2.16. The van der Waals surface area contributed by atoms with Crippen LogP contribution in [-0.2, 0) is 0 Å². The van der Waals surface area contributed by atoms with Crippen LogP contribution in [-0.4, -0.2) is 6.54 Å². The number of benzene rings is 1. The van der Waals surface area contributed by atoms with Crippen LogP contribution in [0.1, 0.15) is 25.8 Å². The molecule has 0 bridgehead atoms. The molecule has 92 valence electrons. The molecule has 0 amide bonds. The summed E-state index contributed by atoms with van der Waals surface area (Å²) < 4.78 is 13.8. The molecule has 1 aromatic rings. The van der Waals surface area contributed by atoms with Gasteiger partial charge in [0.1, 0.15) is 5.82 Å². The Labute approximate surface area is 110 Å². The van der Waals surface area contributed by atoms with Gasteiger partial charge in [-0.05, 0) is 60.8 Å². The van der Waals surface area contributed by atoms with E-state index in [0.29, 0.717) is 11.0 Å². The van der Waals surface area contributed by atoms with Crippen molar-refractivity contribution in [2.45, 2.75) is 27.2 Å². The fraction of sp³-hybridized carbons (Fsp3) is 0.462. The van der Waals surface area contributed by atoms with Crippen molar-refractivity contribution in [1.82, 2.24) is 0 Å². The molecule has 1 rings (SSSR count). The Bertz CT molecular complexity index is 449. The summed E-state index contributed by atoms with van der Waals surface area (Å²) in [5, 5.41) is 12.0. The first-order chi connectivity index (χ1) is 7.85. The maximum absolute atomic E-state index is 13.3. The topological polar surface area (TPSA) is 35.8 Å². The average Bonchev–Trinajstić information content (AvgIpc) is 2.25. The standard InChI is InChI=1S/C13H16BrFN2/c1-9-6-10(14)11(15)7-12(9)17-5-4-13(2,3)8-16/h6-7,17H,4-5H2,1-3H3. The van der Waals surface area contributed by atoms with E-state index < -0.39 is 0 Å². The van der Waals surface area contributed by atoms with Crippen LogP contribution in [0.3, 0.4) is 0 Å². The van der Waals surface area contributed by atoms with Crippen molar-refractivity contribution in [2.24, 2.45) is 5.41 Å². The molecule has 0 aliphatic heterocycles. The fourth-order valence-electron chi connectivity index (χ4n) is 1.40. The second kappa shape index (κ2) is 5.50. The monoisotopic (exact) mass is 298 g/mol. The number of hydrogen-bond donors (Lipinski definition) is 1. The molecule has 0 aliphatic carbocycles. The minimum absolute atomic E-state index is 0.280. The van der Waals surface area contributed by atoms with E-state index in [9.17, 15) is 4.39 Å². The molecule has 0 unspecified atom stereocenters. The van der Waals surface area contributed by atoms with Crippen LogP contribution in [0, 0.1) is 29.5 Å². The van der Waals surface area contributed by atoms with E-state index in [1.807, 2.05) is 20.8 Å². The summed E-state index contributed by atoms with van der Waals surface area (Å²) in [6.45, 7) is 6.36. The molecule has 0 radical (unpaired) electrons. The van der Waals surface area contributed by atoms with Crippen LogP contribution >= 0.6 is 15.9 Å². The summed E-state index contributed by atoms with van der Waals surface area (Å²) in [5.74, 6) is -0.280. The average molecular weight is 299 g/mol. The van der Waals surface area contributed by atoms with Gasteiger partial charge in [-0.3, -0.25) is 0 Å². The number of aryl methyl sites for hydroxylation is 1. The molecule has 0 heterocycles. The van der Waals surface area contributed by atoms with Gasteiger partial charge in [-0.1, -0.05) is 0 Å². The molecule has 0 fully saturated rings. The number of anilines is 1. The molecule has 1 aromatic carbocycles. The zero-order valence-electron chi connectivity index (χ0n) is 10.3. The maximum Gasteiger partial charge on any atom is 0.139 e. The lowest BCUT2D eigenvalue weighted by molar-refractivity contribution is 0.466. The second-order valence-electron chi connectivity index (χ2n) is 4.75. The Kier molecular flexibility index (Phi) is 4.53. The first kappa shape index (κ1) is 14.0. The normalized spacial score (nSPS) is 11.1. The Balaban J connectivity index is 2.65. The van der Waals surface area contributed by atoms with Gasteiger partial charge in [-0.25, -0.2) is 4.39 Å². The predicted molar refractivity (Wildman–Crippen MR) is 71.3 cm³/mol. The van der Waals surface area contributed by atoms with Crippen molar-refractivity contribution in [3.8, 4) is 6.07 Å². The van der Waals surface area contributed by atoms with Crippen LogP contribution in [0.2, 0.25) is 0 Å². The molecule has 0 spiro atoms. The molecule has 17 heavy (non-hydrogen) atoms. The highest BCUT2D eigenvalue weighted by molar-refractivity contribution is 9.10. The Morgan fingerprint density at radius 1 is 1.47 bits per heavy atom. The summed E-state index contributed by atoms with van der Waals surface area (Å²) >= 11 is 3.15. The lowest BCUT2D eigenvalue weighted by Crippen LogP contribution is -2.15. The molecule has 2 nitrogen and oxygen atoms in total. The van der Waals surface area contributed by atoms with Crippen LogP contribution in [0.25, 0.3) is 0 Å². The van der Waals surface area contributed by atoms with Gasteiger partial charge in [0, 0.05) is 12.2 Å². The summed E-state index contributed by atoms with van der Waals surface area (Å²) in [7, 11) is 0. The molecule has 0 atom stereocenters. The maximum atomic E-state index is 13.3. The van der Waals surface area contributed by atoms with Gasteiger partial charge < -0.3 is 5.32 Å². The number of nitrogens with one attached hydrogen (secondary N) is 1. The van der Waals surface area contributed by atoms with Gasteiger partial charge in [0.25, 0.3) is 0 Å². The van der Waals surface area contributed by atoms with Crippen molar-refractivity contribution in [3.63, 3.8) is 0 Å². The van der Waals surface area contributed by atoms with Crippen molar-refractivity contribution in [3.05, 3.63) is 28.0 Å². The van der Waals surface area contributed by atoms with Crippen molar-refractivity contribution in [2.75, 3.05) is 11.9 Å². The third-order valence-corrected chi connectivity index (χ3v) is 3.24. The minimum atomic E-state index is -0.352. The summed E-state index contributed by atoms with van der Waals surface area (Å²) in [6.07, 6.45) is 0.723. The Morgan fingerprint density at radius 3 is 2.71 bits per heavy atom. The van der Waals surface area contributed by atoms with Crippen LogP contribution < -0.4 is 5.32 Å².